The average molecular weight is 424 g/mol. The first-order chi connectivity index (χ1) is 15.2. The van der Waals surface area contributed by atoms with Crippen LogP contribution in [0.2, 0.25) is 0 Å². The minimum absolute atomic E-state index is 0.142. The molecule has 0 unspecified atom stereocenters. The van der Waals surface area contributed by atoms with E-state index in [9.17, 15) is 4.79 Å². The Kier molecular flexibility index (Phi) is 12.6. The van der Waals surface area contributed by atoms with Crippen molar-refractivity contribution in [3.8, 4) is 17.0 Å². The zero-order valence-electron chi connectivity index (χ0n) is 19.7. The smallest absolute Gasteiger partial charge is 0.311 e. The fraction of sp³-hybridized carbons (Fsp3) is 0.571. The maximum Gasteiger partial charge on any atom is 0.311 e. The molecule has 0 N–H and O–H groups in total. The normalized spacial score (nSPS) is 10.9. The van der Waals surface area contributed by atoms with Crippen molar-refractivity contribution in [3.05, 3.63) is 48.2 Å². The molecule has 3 nitrogen and oxygen atoms in total. The highest BCUT2D eigenvalue weighted by molar-refractivity contribution is 5.72. The van der Waals surface area contributed by atoms with Crippen molar-refractivity contribution in [3.63, 3.8) is 0 Å². The van der Waals surface area contributed by atoms with Crippen LogP contribution in [-0.2, 0) is 11.2 Å². The number of hydrogen-bond acceptors (Lipinski definition) is 3. The molecule has 2 rings (SSSR count). The molecule has 0 spiro atoms. The highest BCUT2D eigenvalue weighted by atomic mass is 16.5. The molecule has 0 aliphatic rings. The van der Waals surface area contributed by atoms with Crippen LogP contribution in [-0.4, -0.2) is 11.0 Å². The number of unbranched alkanes of at least 4 members (excludes halogenated alkanes) is 10. The van der Waals surface area contributed by atoms with Crippen molar-refractivity contribution < 1.29 is 9.53 Å². The molecule has 31 heavy (non-hydrogen) atoms. The summed E-state index contributed by atoms with van der Waals surface area (Å²) in [5.41, 5.74) is 3.31. The van der Waals surface area contributed by atoms with E-state index >= 15 is 0 Å². The third-order valence-corrected chi connectivity index (χ3v) is 5.76. The molecule has 0 aliphatic heterocycles. The summed E-state index contributed by atoms with van der Waals surface area (Å²) in [5.74, 6) is 0.468. The Bertz CT molecular complexity index is 722. The van der Waals surface area contributed by atoms with Crippen LogP contribution in [0.1, 0.15) is 103 Å². The van der Waals surface area contributed by atoms with E-state index in [-0.39, 0.29) is 5.97 Å². The lowest BCUT2D eigenvalue weighted by Gasteiger charge is -2.07. The second kappa shape index (κ2) is 15.6. The molecular formula is C28H41NO2. The van der Waals surface area contributed by atoms with Gasteiger partial charge >= 0.3 is 5.97 Å². The quantitative estimate of drug-likeness (QED) is 0.155. The van der Waals surface area contributed by atoms with E-state index in [1.807, 2.05) is 30.5 Å². The first kappa shape index (κ1) is 25.1. The number of ether oxygens (including phenoxy) is 1. The fourth-order valence-electron chi connectivity index (χ4n) is 3.78. The lowest BCUT2D eigenvalue weighted by atomic mass is 10.0. The van der Waals surface area contributed by atoms with E-state index < -0.39 is 0 Å². The van der Waals surface area contributed by atoms with Crippen LogP contribution in [0.5, 0.6) is 5.75 Å². The number of benzene rings is 1. The van der Waals surface area contributed by atoms with Gasteiger partial charge in [-0.25, -0.2) is 0 Å². The topological polar surface area (TPSA) is 39.2 Å². The number of pyridine rings is 1. The van der Waals surface area contributed by atoms with Crippen molar-refractivity contribution in [2.45, 2.75) is 104 Å². The van der Waals surface area contributed by atoms with Gasteiger partial charge in [0, 0.05) is 18.2 Å². The van der Waals surface area contributed by atoms with Gasteiger partial charge in [-0.1, -0.05) is 84.1 Å². The summed E-state index contributed by atoms with van der Waals surface area (Å²) in [5, 5.41) is 0. The van der Waals surface area contributed by atoms with Gasteiger partial charge in [-0.15, -0.1) is 0 Å². The van der Waals surface area contributed by atoms with E-state index in [0.29, 0.717) is 12.2 Å². The molecule has 0 radical (unpaired) electrons. The second-order valence-electron chi connectivity index (χ2n) is 8.59. The number of rotatable bonds is 16. The number of carbonyl (C=O) groups excluding carboxylic acids is 1. The van der Waals surface area contributed by atoms with Crippen LogP contribution >= 0.6 is 0 Å². The molecule has 170 valence electrons. The molecule has 0 saturated carbocycles. The van der Waals surface area contributed by atoms with E-state index in [4.69, 9.17) is 4.74 Å². The van der Waals surface area contributed by atoms with Gasteiger partial charge in [-0.2, -0.15) is 0 Å². The SMILES string of the molecule is CCCCCCCCCc1ccc(-c2ccc(OC(=O)CCCCCCC)cc2)nc1. The largest absolute Gasteiger partial charge is 0.427 e. The predicted octanol–water partition coefficient (Wildman–Crippen LogP) is 8.31. The number of aromatic nitrogens is 1. The molecule has 0 fully saturated rings. The fourth-order valence-corrected chi connectivity index (χ4v) is 3.78. The summed E-state index contributed by atoms with van der Waals surface area (Å²) in [4.78, 5) is 16.6. The molecule has 0 saturated heterocycles. The molecular weight excluding hydrogens is 382 g/mol. The molecule has 1 aromatic carbocycles. The number of nitrogens with zero attached hydrogens (tertiary/aromatic N) is 1. The molecule has 0 bridgehead atoms. The summed E-state index contributed by atoms with van der Waals surface area (Å²) in [6.07, 6.45) is 18.6. The maximum absolute atomic E-state index is 12.0. The maximum atomic E-state index is 12.0. The Balaban J connectivity index is 1.71. The number of hydrogen-bond donors (Lipinski definition) is 0. The molecule has 0 atom stereocenters. The van der Waals surface area contributed by atoms with Crippen molar-refractivity contribution in [2.24, 2.45) is 0 Å². The monoisotopic (exact) mass is 423 g/mol. The van der Waals surface area contributed by atoms with Gasteiger partial charge in [0.1, 0.15) is 5.75 Å². The van der Waals surface area contributed by atoms with Gasteiger partial charge in [-0.05, 0) is 55.2 Å². The standard InChI is InChI=1S/C28H41NO2/c1-3-5-7-9-10-12-13-15-24-17-22-27(29-23-24)25-18-20-26(21-19-25)31-28(30)16-14-11-8-6-4-2/h17-23H,3-16H2,1-2H3. The highest BCUT2D eigenvalue weighted by Crippen LogP contribution is 2.22. The number of carbonyl (C=O) groups is 1. The van der Waals surface area contributed by atoms with Crippen LogP contribution in [0.4, 0.5) is 0 Å². The summed E-state index contributed by atoms with van der Waals surface area (Å²) in [7, 11) is 0. The zero-order chi connectivity index (χ0) is 22.2. The zero-order valence-corrected chi connectivity index (χ0v) is 19.7. The lowest BCUT2D eigenvalue weighted by Crippen LogP contribution is -2.07. The van der Waals surface area contributed by atoms with Crippen molar-refractivity contribution in [1.29, 1.82) is 0 Å². The first-order valence-corrected chi connectivity index (χ1v) is 12.5. The number of esters is 1. The van der Waals surface area contributed by atoms with Gasteiger partial charge in [0.05, 0.1) is 5.69 Å². The predicted molar refractivity (Wildman–Crippen MR) is 130 cm³/mol. The van der Waals surface area contributed by atoms with Crippen LogP contribution in [0, 0.1) is 0 Å². The van der Waals surface area contributed by atoms with Crippen LogP contribution < -0.4 is 4.74 Å². The Hall–Kier alpha value is -2.16. The minimum atomic E-state index is -0.142. The molecule has 1 heterocycles. The van der Waals surface area contributed by atoms with Gasteiger partial charge < -0.3 is 4.74 Å². The van der Waals surface area contributed by atoms with Gasteiger partial charge in [0.2, 0.25) is 0 Å². The van der Waals surface area contributed by atoms with E-state index in [1.165, 1.54) is 69.8 Å². The second-order valence-corrected chi connectivity index (χ2v) is 8.59. The van der Waals surface area contributed by atoms with E-state index in [1.54, 1.807) is 0 Å². The highest BCUT2D eigenvalue weighted by Gasteiger charge is 2.06. The third-order valence-electron chi connectivity index (χ3n) is 5.76. The Morgan fingerprint density at radius 2 is 1.35 bits per heavy atom. The van der Waals surface area contributed by atoms with Crippen molar-refractivity contribution >= 4 is 5.97 Å². The lowest BCUT2D eigenvalue weighted by molar-refractivity contribution is -0.134. The molecule has 0 amide bonds. The van der Waals surface area contributed by atoms with Crippen molar-refractivity contribution in [2.75, 3.05) is 0 Å². The minimum Gasteiger partial charge on any atom is -0.427 e. The number of aryl methyl sites for hydroxylation is 1. The van der Waals surface area contributed by atoms with Gasteiger partial charge in [0.15, 0.2) is 0 Å². The average Bonchev–Trinajstić information content (AvgIpc) is 2.79. The van der Waals surface area contributed by atoms with Gasteiger partial charge in [-0.3, -0.25) is 9.78 Å². The van der Waals surface area contributed by atoms with Crippen LogP contribution in [0.25, 0.3) is 11.3 Å². The molecule has 2 aromatic rings. The molecule has 1 aromatic heterocycles. The summed E-state index contributed by atoms with van der Waals surface area (Å²) < 4.78 is 5.46. The molecule has 0 aliphatic carbocycles. The summed E-state index contributed by atoms with van der Waals surface area (Å²) >= 11 is 0. The Labute approximate surface area is 189 Å². The third kappa shape index (κ3) is 10.6. The van der Waals surface area contributed by atoms with E-state index in [0.717, 1.165) is 30.5 Å². The van der Waals surface area contributed by atoms with Crippen LogP contribution in [0.3, 0.4) is 0 Å². The van der Waals surface area contributed by atoms with Gasteiger partial charge in [0.25, 0.3) is 0 Å². The summed E-state index contributed by atoms with van der Waals surface area (Å²) in [6.45, 7) is 4.45. The molecule has 3 heteroatoms. The summed E-state index contributed by atoms with van der Waals surface area (Å²) in [6, 6.07) is 11.9. The van der Waals surface area contributed by atoms with Crippen LogP contribution in [0.15, 0.2) is 42.6 Å². The van der Waals surface area contributed by atoms with E-state index in [2.05, 4.69) is 31.0 Å². The van der Waals surface area contributed by atoms with Crippen molar-refractivity contribution in [1.82, 2.24) is 4.98 Å². The Morgan fingerprint density at radius 1 is 0.742 bits per heavy atom. The first-order valence-electron chi connectivity index (χ1n) is 12.5. The Morgan fingerprint density at radius 3 is 1.97 bits per heavy atom.